The van der Waals surface area contributed by atoms with Crippen LogP contribution in [0.5, 0.6) is 5.75 Å². The Morgan fingerprint density at radius 2 is 1.81 bits per heavy atom. The molecule has 0 aliphatic heterocycles. The van der Waals surface area contributed by atoms with Crippen LogP contribution in [0.1, 0.15) is 40.6 Å². The lowest BCUT2D eigenvalue weighted by atomic mass is 10.0. The summed E-state index contributed by atoms with van der Waals surface area (Å²) >= 11 is 13.2. The van der Waals surface area contributed by atoms with Gasteiger partial charge in [0.05, 0.1) is 14.9 Å². The zero-order valence-electron chi connectivity index (χ0n) is 15.0. The van der Waals surface area contributed by atoms with E-state index in [9.17, 15) is 4.79 Å². The van der Waals surface area contributed by atoms with E-state index in [0.717, 1.165) is 11.3 Å². The number of ether oxygens (including phenoxy) is 1. The number of hydrogen-bond acceptors (Lipinski definition) is 3. The second-order valence-electron chi connectivity index (χ2n) is 6.41. The van der Waals surface area contributed by atoms with Gasteiger partial charge in [-0.15, -0.1) is 11.3 Å². The topological polar surface area (TPSA) is 38.3 Å². The Labute approximate surface area is 172 Å². The van der Waals surface area contributed by atoms with Gasteiger partial charge < -0.3 is 10.1 Å². The first-order valence-electron chi connectivity index (χ1n) is 8.49. The molecule has 3 aromatic rings. The summed E-state index contributed by atoms with van der Waals surface area (Å²) in [5, 5.41) is 5.59. The second kappa shape index (κ2) is 8.79. The fraction of sp³-hybridized carbons (Fsp3) is 0.190. The SMILES string of the molecule is CC(C)c1ccc(OCc2csc(C(=O)Nc3ccc(Cl)c(Cl)c3)c2)cc1. The summed E-state index contributed by atoms with van der Waals surface area (Å²) in [6, 6.07) is 14.9. The van der Waals surface area contributed by atoms with Crippen LogP contribution >= 0.6 is 34.5 Å². The molecule has 0 aliphatic rings. The van der Waals surface area contributed by atoms with Crippen molar-refractivity contribution in [1.29, 1.82) is 0 Å². The molecule has 0 saturated heterocycles. The summed E-state index contributed by atoms with van der Waals surface area (Å²) in [6.07, 6.45) is 0. The molecule has 0 saturated carbocycles. The van der Waals surface area contributed by atoms with Gasteiger partial charge in [0.1, 0.15) is 12.4 Å². The maximum atomic E-state index is 12.4. The highest BCUT2D eigenvalue weighted by Gasteiger charge is 2.11. The third-order valence-electron chi connectivity index (χ3n) is 4.01. The molecule has 0 fully saturated rings. The third-order valence-corrected chi connectivity index (χ3v) is 5.72. The van der Waals surface area contributed by atoms with E-state index < -0.39 is 0 Å². The zero-order chi connectivity index (χ0) is 19.4. The zero-order valence-corrected chi connectivity index (χ0v) is 17.3. The van der Waals surface area contributed by atoms with Crippen molar-refractivity contribution >= 4 is 46.1 Å². The molecule has 0 atom stereocenters. The third kappa shape index (κ3) is 5.25. The van der Waals surface area contributed by atoms with Crippen LogP contribution in [-0.4, -0.2) is 5.91 Å². The normalized spacial score (nSPS) is 10.9. The van der Waals surface area contributed by atoms with E-state index in [0.29, 0.717) is 33.1 Å². The van der Waals surface area contributed by atoms with Crippen LogP contribution in [-0.2, 0) is 6.61 Å². The van der Waals surface area contributed by atoms with E-state index in [2.05, 4.69) is 31.3 Å². The molecule has 0 unspecified atom stereocenters. The summed E-state index contributed by atoms with van der Waals surface area (Å²) in [5.41, 5.74) is 2.83. The average Bonchev–Trinajstić information content (AvgIpc) is 3.12. The molecule has 0 aliphatic carbocycles. The molecular weight excluding hydrogens is 401 g/mol. The standard InChI is InChI=1S/C21H19Cl2NO2S/c1-13(2)15-3-6-17(7-4-15)26-11-14-9-20(27-12-14)21(25)24-16-5-8-18(22)19(23)10-16/h3-10,12-13H,11H2,1-2H3,(H,24,25). The van der Waals surface area contributed by atoms with Gasteiger partial charge in [-0.2, -0.15) is 0 Å². The van der Waals surface area contributed by atoms with Crippen LogP contribution in [0.2, 0.25) is 10.0 Å². The molecule has 1 amide bonds. The number of thiophene rings is 1. The number of anilines is 1. The molecule has 0 radical (unpaired) electrons. The van der Waals surface area contributed by atoms with Crippen molar-refractivity contribution in [2.45, 2.75) is 26.4 Å². The van der Waals surface area contributed by atoms with Crippen molar-refractivity contribution in [3.05, 3.63) is 80.0 Å². The highest BCUT2D eigenvalue weighted by molar-refractivity contribution is 7.12. The minimum Gasteiger partial charge on any atom is -0.489 e. The maximum absolute atomic E-state index is 12.4. The monoisotopic (exact) mass is 419 g/mol. The van der Waals surface area contributed by atoms with Crippen LogP contribution in [0.25, 0.3) is 0 Å². The van der Waals surface area contributed by atoms with Crippen molar-refractivity contribution in [3.8, 4) is 5.75 Å². The van der Waals surface area contributed by atoms with Crippen molar-refractivity contribution in [2.75, 3.05) is 5.32 Å². The first kappa shape index (κ1) is 19.7. The number of hydrogen-bond donors (Lipinski definition) is 1. The van der Waals surface area contributed by atoms with Crippen LogP contribution in [0.3, 0.4) is 0 Å². The van der Waals surface area contributed by atoms with Gasteiger partial charge in [-0.05, 0) is 53.3 Å². The number of carbonyl (C=O) groups excluding carboxylic acids is 1. The molecule has 1 N–H and O–H groups in total. The predicted octanol–water partition coefficient (Wildman–Crippen LogP) is 7.01. The van der Waals surface area contributed by atoms with Crippen LogP contribution in [0.15, 0.2) is 53.9 Å². The number of amides is 1. The smallest absolute Gasteiger partial charge is 0.265 e. The quantitative estimate of drug-likeness (QED) is 0.466. The molecule has 0 spiro atoms. The van der Waals surface area contributed by atoms with Crippen LogP contribution < -0.4 is 10.1 Å². The summed E-state index contributed by atoms with van der Waals surface area (Å²) in [4.78, 5) is 13.0. The first-order chi connectivity index (χ1) is 12.9. The summed E-state index contributed by atoms with van der Waals surface area (Å²) < 4.78 is 5.81. The van der Waals surface area contributed by atoms with E-state index in [1.807, 2.05) is 23.6 Å². The number of halogens is 2. The Morgan fingerprint density at radius 1 is 1.07 bits per heavy atom. The number of benzene rings is 2. The van der Waals surface area contributed by atoms with Gasteiger partial charge in [-0.3, -0.25) is 4.79 Å². The lowest BCUT2D eigenvalue weighted by molar-refractivity contribution is 0.103. The fourth-order valence-electron chi connectivity index (χ4n) is 2.45. The molecule has 140 valence electrons. The lowest BCUT2D eigenvalue weighted by Crippen LogP contribution is -2.10. The predicted molar refractivity (Wildman–Crippen MR) is 114 cm³/mol. The van der Waals surface area contributed by atoms with E-state index in [-0.39, 0.29) is 5.91 Å². The van der Waals surface area contributed by atoms with Gasteiger partial charge in [0.25, 0.3) is 5.91 Å². The second-order valence-corrected chi connectivity index (χ2v) is 8.14. The van der Waals surface area contributed by atoms with Crippen molar-refractivity contribution in [2.24, 2.45) is 0 Å². The van der Waals surface area contributed by atoms with Gasteiger partial charge in [-0.25, -0.2) is 0 Å². The Balaban J connectivity index is 1.58. The summed E-state index contributed by atoms with van der Waals surface area (Å²) in [7, 11) is 0. The van der Waals surface area contributed by atoms with Crippen LogP contribution in [0.4, 0.5) is 5.69 Å². The van der Waals surface area contributed by atoms with Gasteiger partial charge >= 0.3 is 0 Å². The maximum Gasteiger partial charge on any atom is 0.265 e. The van der Waals surface area contributed by atoms with Gasteiger partial charge in [0.2, 0.25) is 0 Å². The largest absolute Gasteiger partial charge is 0.489 e. The van der Waals surface area contributed by atoms with E-state index in [1.165, 1.54) is 16.9 Å². The van der Waals surface area contributed by atoms with Gasteiger partial charge in [-0.1, -0.05) is 49.2 Å². The lowest BCUT2D eigenvalue weighted by Gasteiger charge is -2.08. The number of carbonyl (C=O) groups is 1. The Kier molecular flexibility index (Phi) is 6.42. The first-order valence-corrected chi connectivity index (χ1v) is 10.1. The summed E-state index contributed by atoms with van der Waals surface area (Å²) in [5.74, 6) is 1.12. The van der Waals surface area contributed by atoms with Crippen molar-refractivity contribution in [3.63, 3.8) is 0 Å². The molecule has 27 heavy (non-hydrogen) atoms. The van der Waals surface area contributed by atoms with Crippen molar-refractivity contribution in [1.82, 2.24) is 0 Å². The number of rotatable bonds is 6. The average molecular weight is 420 g/mol. The Morgan fingerprint density at radius 3 is 2.48 bits per heavy atom. The molecule has 0 bridgehead atoms. The molecule has 1 aromatic heterocycles. The van der Waals surface area contributed by atoms with Gasteiger partial charge in [0, 0.05) is 11.3 Å². The minimum absolute atomic E-state index is 0.189. The van der Waals surface area contributed by atoms with E-state index in [1.54, 1.807) is 18.2 Å². The molecule has 6 heteroatoms. The molecule has 3 nitrogen and oxygen atoms in total. The summed E-state index contributed by atoms with van der Waals surface area (Å²) in [6.45, 7) is 4.73. The highest BCUT2D eigenvalue weighted by Crippen LogP contribution is 2.26. The Hall–Kier alpha value is -2.01. The molecule has 3 rings (SSSR count). The minimum atomic E-state index is -0.189. The molecular formula is C21H19Cl2NO2S. The molecule has 2 aromatic carbocycles. The van der Waals surface area contributed by atoms with E-state index in [4.69, 9.17) is 27.9 Å². The van der Waals surface area contributed by atoms with Gasteiger partial charge in [0.15, 0.2) is 0 Å². The molecule has 1 heterocycles. The van der Waals surface area contributed by atoms with E-state index >= 15 is 0 Å². The Bertz CT molecular complexity index is 936. The van der Waals surface area contributed by atoms with Crippen LogP contribution in [0, 0.1) is 0 Å². The highest BCUT2D eigenvalue weighted by atomic mass is 35.5. The fourth-order valence-corrected chi connectivity index (χ4v) is 3.54. The van der Waals surface area contributed by atoms with Crippen molar-refractivity contribution < 1.29 is 9.53 Å². The number of nitrogens with one attached hydrogen (secondary N) is 1.